The Morgan fingerprint density at radius 3 is 2.86 bits per heavy atom. The van der Waals surface area contributed by atoms with Gasteiger partial charge in [0.1, 0.15) is 4.60 Å². The zero-order chi connectivity index (χ0) is 9.97. The summed E-state index contributed by atoms with van der Waals surface area (Å²) in [5.74, 6) is 0.505. The first kappa shape index (κ1) is 9.08. The summed E-state index contributed by atoms with van der Waals surface area (Å²) in [4.78, 5) is 19.5. The number of pyridine rings is 1. The maximum absolute atomic E-state index is 11.4. The second-order valence-electron chi connectivity index (χ2n) is 2.61. The molecule has 2 heterocycles. The van der Waals surface area contributed by atoms with Crippen LogP contribution in [0.3, 0.4) is 0 Å². The molecular formula is C9H6BrN3O. The minimum Gasteiger partial charge on any atom is -0.269 e. The fourth-order valence-electron chi connectivity index (χ4n) is 1.07. The predicted octanol–water partition coefficient (Wildman–Crippen LogP) is 1.39. The number of halogens is 1. The van der Waals surface area contributed by atoms with Crippen LogP contribution in [0.25, 0.3) is 5.82 Å². The third-order valence-corrected chi connectivity index (χ3v) is 2.04. The molecule has 14 heavy (non-hydrogen) atoms. The standard InChI is InChI=1S/C9H6BrN3O/c10-7-5-11-6-8(12-7)13-4-2-1-3-9(13)14/h1-6H. The lowest BCUT2D eigenvalue weighted by Gasteiger charge is -2.02. The van der Waals surface area contributed by atoms with Crippen LogP contribution in [0.2, 0.25) is 0 Å². The van der Waals surface area contributed by atoms with Crippen LogP contribution in [-0.4, -0.2) is 14.5 Å². The number of hydrogen-bond acceptors (Lipinski definition) is 3. The molecule has 2 aromatic heterocycles. The van der Waals surface area contributed by atoms with Gasteiger partial charge in [0.15, 0.2) is 5.82 Å². The van der Waals surface area contributed by atoms with Crippen molar-refractivity contribution in [1.29, 1.82) is 0 Å². The molecule has 0 aliphatic carbocycles. The molecule has 0 radical (unpaired) electrons. The van der Waals surface area contributed by atoms with Crippen LogP contribution >= 0.6 is 15.9 Å². The van der Waals surface area contributed by atoms with Gasteiger partial charge in [-0.1, -0.05) is 6.07 Å². The molecule has 0 bridgehead atoms. The molecule has 0 N–H and O–H groups in total. The van der Waals surface area contributed by atoms with Crippen molar-refractivity contribution in [2.24, 2.45) is 0 Å². The van der Waals surface area contributed by atoms with Gasteiger partial charge in [0.25, 0.3) is 5.56 Å². The first-order valence-corrected chi connectivity index (χ1v) is 4.72. The molecule has 0 saturated carbocycles. The van der Waals surface area contributed by atoms with Gasteiger partial charge in [0.05, 0.1) is 12.4 Å². The van der Waals surface area contributed by atoms with Crippen molar-refractivity contribution in [2.45, 2.75) is 0 Å². The second-order valence-corrected chi connectivity index (χ2v) is 3.42. The van der Waals surface area contributed by atoms with Gasteiger partial charge in [-0.2, -0.15) is 0 Å². The summed E-state index contributed by atoms with van der Waals surface area (Å²) in [6, 6.07) is 4.93. The van der Waals surface area contributed by atoms with Gasteiger partial charge in [-0.05, 0) is 22.0 Å². The Morgan fingerprint density at radius 2 is 2.14 bits per heavy atom. The Balaban J connectivity index is 2.61. The van der Waals surface area contributed by atoms with E-state index >= 15 is 0 Å². The molecule has 0 spiro atoms. The number of rotatable bonds is 1. The molecule has 0 aliphatic rings. The zero-order valence-electron chi connectivity index (χ0n) is 7.09. The largest absolute Gasteiger partial charge is 0.269 e. The van der Waals surface area contributed by atoms with Gasteiger partial charge in [-0.3, -0.25) is 14.3 Å². The molecule has 0 atom stereocenters. The lowest BCUT2D eigenvalue weighted by Crippen LogP contribution is -2.16. The van der Waals surface area contributed by atoms with Gasteiger partial charge in [0.2, 0.25) is 0 Å². The highest BCUT2D eigenvalue weighted by molar-refractivity contribution is 9.10. The summed E-state index contributed by atoms with van der Waals surface area (Å²) >= 11 is 3.19. The van der Waals surface area contributed by atoms with Crippen LogP contribution < -0.4 is 5.56 Å². The van der Waals surface area contributed by atoms with Crippen LogP contribution in [0.1, 0.15) is 0 Å². The zero-order valence-corrected chi connectivity index (χ0v) is 8.68. The monoisotopic (exact) mass is 251 g/mol. The molecule has 0 fully saturated rings. The summed E-state index contributed by atoms with van der Waals surface area (Å²) in [6.07, 6.45) is 4.75. The van der Waals surface area contributed by atoms with Gasteiger partial charge < -0.3 is 0 Å². The summed E-state index contributed by atoms with van der Waals surface area (Å²) in [6.45, 7) is 0. The molecule has 0 amide bonds. The normalized spacial score (nSPS) is 10.1. The maximum atomic E-state index is 11.4. The number of aromatic nitrogens is 3. The molecule has 4 nitrogen and oxygen atoms in total. The van der Waals surface area contributed by atoms with Crippen molar-refractivity contribution in [2.75, 3.05) is 0 Å². The second kappa shape index (κ2) is 3.71. The maximum Gasteiger partial charge on any atom is 0.256 e. The van der Waals surface area contributed by atoms with Crippen molar-refractivity contribution in [1.82, 2.24) is 14.5 Å². The minimum absolute atomic E-state index is 0.125. The molecule has 5 heteroatoms. The molecule has 70 valence electrons. The number of hydrogen-bond donors (Lipinski definition) is 0. The quantitative estimate of drug-likeness (QED) is 0.770. The highest BCUT2D eigenvalue weighted by atomic mass is 79.9. The van der Waals surface area contributed by atoms with Gasteiger partial charge in [-0.15, -0.1) is 0 Å². The van der Waals surface area contributed by atoms with Crippen molar-refractivity contribution in [3.8, 4) is 5.82 Å². The van der Waals surface area contributed by atoms with Gasteiger partial charge >= 0.3 is 0 Å². The SMILES string of the molecule is O=c1ccccn1-c1cncc(Br)n1. The summed E-state index contributed by atoms with van der Waals surface area (Å²) in [7, 11) is 0. The third kappa shape index (κ3) is 1.72. The highest BCUT2D eigenvalue weighted by Crippen LogP contribution is 2.05. The van der Waals surface area contributed by atoms with E-state index in [1.165, 1.54) is 16.8 Å². The number of nitrogens with zero attached hydrogens (tertiary/aromatic N) is 3. The highest BCUT2D eigenvalue weighted by Gasteiger charge is 1.99. The summed E-state index contributed by atoms with van der Waals surface area (Å²) in [5.41, 5.74) is -0.125. The lowest BCUT2D eigenvalue weighted by atomic mass is 10.4. The van der Waals surface area contributed by atoms with E-state index in [9.17, 15) is 4.79 Å². The molecule has 2 rings (SSSR count). The summed E-state index contributed by atoms with van der Waals surface area (Å²) in [5, 5.41) is 0. The minimum atomic E-state index is -0.125. The van der Waals surface area contributed by atoms with Crippen molar-refractivity contribution >= 4 is 15.9 Å². The Bertz CT molecular complexity index is 509. The topological polar surface area (TPSA) is 47.8 Å². The van der Waals surface area contributed by atoms with Gasteiger partial charge in [0, 0.05) is 12.3 Å². The van der Waals surface area contributed by atoms with E-state index in [2.05, 4.69) is 25.9 Å². The van der Waals surface area contributed by atoms with E-state index in [-0.39, 0.29) is 5.56 Å². The van der Waals surface area contributed by atoms with Crippen LogP contribution in [0.15, 0.2) is 46.2 Å². The van der Waals surface area contributed by atoms with Crippen molar-refractivity contribution in [3.63, 3.8) is 0 Å². The first-order chi connectivity index (χ1) is 6.77. The lowest BCUT2D eigenvalue weighted by molar-refractivity contribution is 0.917. The average Bonchev–Trinajstić information content (AvgIpc) is 2.18. The van der Waals surface area contributed by atoms with Crippen LogP contribution in [-0.2, 0) is 0 Å². The molecule has 0 aliphatic heterocycles. The van der Waals surface area contributed by atoms with E-state index in [0.717, 1.165) is 0 Å². The fraction of sp³-hybridized carbons (Fsp3) is 0. The van der Waals surface area contributed by atoms with E-state index in [4.69, 9.17) is 0 Å². The average molecular weight is 252 g/mol. The van der Waals surface area contributed by atoms with Crippen LogP contribution in [0.4, 0.5) is 0 Å². The molecule has 2 aromatic rings. The van der Waals surface area contributed by atoms with Gasteiger partial charge in [-0.25, -0.2) is 4.98 Å². The predicted molar refractivity (Wildman–Crippen MR) is 55.3 cm³/mol. The van der Waals surface area contributed by atoms with E-state index in [0.29, 0.717) is 10.4 Å². The Labute approximate surface area is 88.4 Å². The third-order valence-electron chi connectivity index (χ3n) is 1.66. The van der Waals surface area contributed by atoms with E-state index < -0.39 is 0 Å². The first-order valence-electron chi connectivity index (χ1n) is 3.93. The van der Waals surface area contributed by atoms with Crippen LogP contribution in [0, 0.1) is 0 Å². The Kier molecular flexibility index (Phi) is 2.41. The Hall–Kier alpha value is -1.49. The fourth-order valence-corrected chi connectivity index (χ4v) is 1.37. The Morgan fingerprint density at radius 1 is 1.29 bits per heavy atom. The van der Waals surface area contributed by atoms with Crippen molar-refractivity contribution < 1.29 is 0 Å². The molecule has 0 aromatic carbocycles. The van der Waals surface area contributed by atoms with Crippen LogP contribution in [0.5, 0.6) is 0 Å². The molecular weight excluding hydrogens is 246 g/mol. The molecule has 0 unspecified atom stereocenters. The van der Waals surface area contributed by atoms with E-state index in [1.54, 1.807) is 24.5 Å². The molecule has 0 saturated heterocycles. The summed E-state index contributed by atoms with van der Waals surface area (Å²) < 4.78 is 2.03. The van der Waals surface area contributed by atoms with Crippen molar-refractivity contribution in [3.05, 3.63) is 51.7 Å². The van der Waals surface area contributed by atoms with E-state index in [1.807, 2.05) is 0 Å². The smallest absolute Gasteiger partial charge is 0.256 e.